The molecule has 4 rings (SSSR count). The quantitative estimate of drug-likeness (QED) is 0.786. The summed E-state index contributed by atoms with van der Waals surface area (Å²) in [5.41, 5.74) is 8.01. The average molecular weight is 429 g/mol. The first kappa shape index (κ1) is 23.3. The van der Waals surface area contributed by atoms with Gasteiger partial charge in [-0.15, -0.1) is 0 Å². The fourth-order valence-corrected chi connectivity index (χ4v) is 4.46. The Hall–Kier alpha value is -2.41. The van der Waals surface area contributed by atoms with Crippen LogP contribution in [0.4, 0.5) is 5.82 Å². The molecule has 0 saturated carbocycles. The lowest BCUT2D eigenvalue weighted by Gasteiger charge is -2.37. The van der Waals surface area contributed by atoms with Crippen LogP contribution in [-0.4, -0.2) is 51.8 Å². The van der Waals surface area contributed by atoms with E-state index < -0.39 is 0 Å². The molecule has 2 aliphatic rings. The first-order chi connectivity index (χ1) is 15.2. The Kier molecular flexibility index (Phi) is 8.46. The van der Waals surface area contributed by atoms with Crippen LogP contribution in [0.25, 0.3) is 0 Å². The van der Waals surface area contributed by atoms with Crippen molar-refractivity contribution in [3.63, 3.8) is 0 Å². The second-order valence-corrected chi connectivity index (χ2v) is 8.23. The highest BCUT2D eigenvalue weighted by molar-refractivity contribution is 5.79. The number of aromatic nitrogens is 3. The van der Waals surface area contributed by atoms with Gasteiger partial charge in [0.05, 0.1) is 12.2 Å². The minimum Gasteiger partial charge on any atom is -0.357 e. The Morgan fingerprint density at radius 3 is 2.32 bits per heavy atom. The fraction of sp³-hybridized carbons (Fsp3) is 0.625. The summed E-state index contributed by atoms with van der Waals surface area (Å²) in [6, 6.07) is 4.63. The molecule has 1 amide bonds. The number of anilines is 1. The minimum atomic E-state index is 0. The number of nitrogens with two attached hydrogens (primary N) is 1. The van der Waals surface area contributed by atoms with Gasteiger partial charge in [-0.05, 0) is 43.7 Å². The second-order valence-electron chi connectivity index (χ2n) is 8.23. The Morgan fingerprint density at radius 1 is 1.06 bits per heavy atom. The molecule has 2 aromatic heterocycles. The molecule has 2 saturated heterocycles. The number of likely N-dealkylation sites (tertiary alicyclic amines) is 1. The molecule has 2 aromatic rings. The molecular weight excluding hydrogens is 388 g/mol. The van der Waals surface area contributed by atoms with Gasteiger partial charge in [0.2, 0.25) is 5.91 Å². The molecular formula is C24H40N6O. The maximum absolute atomic E-state index is 13.0. The van der Waals surface area contributed by atoms with Gasteiger partial charge in [0.15, 0.2) is 0 Å². The molecule has 31 heavy (non-hydrogen) atoms. The maximum atomic E-state index is 13.0. The Labute approximate surface area is 188 Å². The van der Waals surface area contributed by atoms with Crippen LogP contribution in [0.1, 0.15) is 65.0 Å². The van der Waals surface area contributed by atoms with Crippen LogP contribution >= 0.6 is 0 Å². The molecule has 4 heterocycles. The van der Waals surface area contributed by atoms with E-state index in [4.69, 9.17) is 5.73 Å². The highest BCUT2D eigenvalue weighted by atomic mass is 16.2. The van der Waals surface area contributed by atoms with Gasteiger partial charge >= 0.3 is 0 Å². The predicted molar refractivity (Wildman–Crippen MR) is 127 cm³/mol. The van der Waals surface area contributed by atoms with Crippen molar-refractivity contribution in [2.75, 3.05) is 31.1 Å². The van der Waals surface area contributed by atoms with Crippen molar-refractivity contribution >= 4 is 11.7 Å². The van der Waals surface area contributed by atoms with Gasteiger partial charge in [0.25, 0.3) is 0 Å². The summed E-state index contributed by atoms with van der Waals surface area (Å²) < 4.78 is 2.03. The SMILES string of the molecule is CC.CCc1ccc(N2CCC(C(=O)N3CCC(n4cc(CN)cn4)CC3)CC2)nc1.[HH]. The molecule has 172 valence electrons. The number of carbonyl (C=O) groups is 1. The number of amides is 1. The van der Waals surface area contributed by atoms with E-state index in [0.717, 1.165) is 69.7 Å². The number of nitrogens with zero attached hydrogens (tertiary/aromatic N) is 5. The Bertz CT molecular complexity index is 808. The summed E-state index contributed by atoms with van der Waals surface area (Å²) in [7, 11) is 0. The zero-order chi connectivity index (χ0) is 22.2. The standard InChI is InChI=1S/C22H32N6O.C2H6.H2/c1-2-17-3-4-21(24-14-17)26-9-5-19(6-10-26)22(29)27-11-7-20(8-12-27)28-16-18(13-23)15-25-28;1-2;/h3-4,14-16,19-20H,2,5-13,23H2,1H3;1-2H3;1H. The average Bonchev–Trinajstić information content (AvgIpc) is 3.35. The summed E-state index contributed by atoms with van der Waals surface area (Å²) in [6.07, 6.45) is 10.6. The zero-order valence-corrected chi connectivity index (χ0v) is 19.3. The molecule has 0 aliphatic carbocycles. The lowest BCUT2D eigenvalue weighted by atomic mass is 9.93. The highest BCUT2D eigenvalue weighted by Crippen LogP contribution is 2.27. The summed E-state index contributed by atoms with van der Waals surface area (Å²) in [5, 5.41) is 4.44. The summed E-state index contributed by atoms with van der Waals surface area (Å²) in [4.78, 5) is 22.0. The minimum absolute atomic E-state index is 0. The van der Waals surface area contributed by atoms with E-state index in [0.29, 0.717) is 18.5 Å². The summed E-state index contributed by atoms with van der Waals surface area (Å²) in [6.45, 7) is 10.1. The topological polar surface area (TPSA) is 80.3 Å². The largest absolute Gasteiger partial charge is 0.357 e. The van der Waals surface area contributed by atoms with Gasteiger partial charge in [0.1, 0.15) is 5.82 Å². The smallest absolute Gasteiger partial charge is 0.225 e. The molecule has 0 spiro atoms. The fourth-order valence-electron chi connectivity index (χ4n) is 4.46. The molecule has 2 N–H and O–H groups in total. The number of rotatable bonds is 5. The van der Waals surface area contributed by atoms with Crippen LogP contribution in [0.3, 0.4) is 0 Å². The van der Waals surface area contributed by atoms with Gasteiger partial charge in [-0.1, -0.05) is 26.8 Å². The summed E-state index contributed by atoms with van der Waals surface area (Å²) >= 11 is 0. The van der Waals surface area contributed by atoms with E-state index in [2.05, 4.69) is 38.9 Å². The number of aryl methyl sites for hydroxylation is 1. The molecule has 0 bridgehead atoms. The second kappa shape index (κ2) is 11.3. The van der Waals surface area contributed by atoms with Crippen LogP contribution in [0.5, 0.6) is 0 Å². The monoisotopic (exact) mass is 428 g/mol. The van der Waals surface area contributed by atoms with Crippen LogP contribution < -0.4 is 10.6 Å². The van der Waals surface area contributed by atoms with Crippen molar-refractivity contribution in [1.82, 2.24) is 19.7 Å². The molecule has 0 atom stereocenters. The van der Waals surface area contributed by atoms with Crippen molar-refractivity contribution < 1.29 is 6.22 Å². The van der Waals surface area contributed by atoms with Crippen molar-refractivity contribution in [2.24, 2.45) is 11.7 Å². The van der Waals surface area contributed by atoms with Crippen molar-refractivity contribution in [2.45, 2.75) is 65.5 Å². The molecule has 7 nitrogen and oxygen atoms in total. The number of hydrogen-bond donors (Lipinski definition) is 1. The molecule has 2 fully saturated rings. The first-order valence-corrected chi connectivity index (χ1v) is 11.9. The highest BCUT2D eigenvalue weighted by Gasteiger charge is 2.31. The number of piperidine rings is 2. The van der Waals surface area contributed by atoms with Crippen LogP contribution in [0, 0.1) is 5.92 Å². The lowest BCUT2D eigenvalue weighted by molar-refractivity contribution is -0.137. The molecule has 0 unspecified atom stereocenters. The maximum Gasteiger partial charge on any atom is 0.225 e. The van der Waals surface area contributed by atoms with E-state index in [1.807, 2.05) is 37.1 Å². The van der Waals surface area contributed by atoms with Gasteiger partial charge in [-0.3, -0.25) is 9.48 Å². The van der Waals surface area contributed by atoms with E-state index in [-0.39, 0.29) is 7.34 Å². The number of hydrogen-bond acceptors (Lipinski definition) is 5. The van der Waals surface area contributed by atoms with Crippen LogP contribution in [0.15, 0.2) is 30.7 Å². The normalized spacial score (nSPS) is 17.9. The van der Waals surface area contributed by atoms with E-state index >= 15 is 0 Å². The molecule has 7 heteroatoms. The molecule has 0 radical (unpaired) electrons. The van der Waals surface area contributed by atoms with Crippen LogP contribution in [-0.2, 0) is 17.8 Å². The van der Waals surface area contributed by atoms with Crippen molar-refractivity contribution in [1.29, 1.82) is 0 Å². The van der Waals surface area contributed by atoms with Crippen LogP contribution in [0.2, 0.25) is 0 Å². The Balaban J connectivity index is 0.00000118. The van der Waals surface area contributed by atoms with E-state index in [1.54, 1.807) is 0 Å². The van der Waals surface area contributed by atoms with E-state index in [1.165, 1.54) is 5.56 Å². The van der Waals surface area contributed by atoms with Gasteiger partial charge in [-0.2, -0.15) is 5.10 Å². The predicted octanol–water partition coefficient (Wildman–Crippen LogP) is 3.65. The summed E-state index contributed by atoms with van der Waals surface area (Å²) in [5.74, 6) is 1.51. The third-order valence-electron chi connectivity index (χ3n) is 6.43. The van der Waals surface area contributed by atoms with Gasteiger partial charge in [-0.25, -0.2) is 4.98 Å². The lowest BCUT2D eigenvalue weighted by Crippen LogP contribution is -2.45. The van der Waals surface area contributed by atoms with Gasteiger partial charge < -0.3 is 15.5 Å². The number of pyridine rings is 1. The molecule has 0 aromatic carbocycles. The third kappa shape index (κ3) is 5.64. The van der Waals surface area contributed by atoms with Crippen molar-refractivity contribution in [3.8, 4) is 0 Å². The number of carbonyl (C=O) groups excluding carboxylic acids is 1. The zero-order valence-electron chi connectivity index (χ0n) is 19.3. The van der Waals surface area contributed by atoms with Gasteiger partial charge in [0, 0.05) is 58.0 Å². The van der Waals surface area contributed by atoms with Crippen molar-refractivity contribution in [3.05, 3.63) is 41.9 Å². The third-order valence-corrected chi connectivity index (χ3v) is 6.43. The molecule has 2 aliphatic heterocycles. The Morgan fingerprint density at radius 2 is 1.77 bits per heavy atom. The van der Waals surface area contributed by atoms with E-state index in [9.17, 15) is 4.79 Å². The first-order valence-electron chi connectivity index (χ1n) is 11.9.